The van der Waals surface area contributed by atoms with Gasteiger partial charge in [-0.05, 0) is 94.0 Å². The molecule has 3 aromatic heterocycles. The van der Waals surface area contributed by atoms with Gasteiger partial charge in [-0.1, -0.05) is 103 Å². The molecule has 0 saturated heterocycles. The third-order valence-electron chi connectivity index (χ3n) is 9.92. The summed E-state index contributed by atoms with van der Waals surface area (Å²) in [6, 6.07) is 53.6. The van der Waals surface area contributed by atoms with E-state index in [1.807, 2.05) is 103 Å². The molecule has 0 spiro atoms. The molecule has 4 nitrogen and oxygen atoms in total. The maximum absolute atomic E-state index is 8.27. The Kier molecular flexibility index (Phi) is 7.95. The van der Waals surface area contributed by atoms with Crippen LogP contribution in [0, 0.1) is 32.8 Å². The largest absolute Gasteiger partial charge is 0.501 e. The number of fused-ring (bicyclic) bond motifs is 5. The van der Waals surface area contributed by atoms with Gasteiger partial charge in [0.15, 0.2) is 0 Å². The summed E-state index contributed by atoms with van der Waals surface area (Å²) in [6.45, 7) is -2.39. The van der Waals surface area contributed by atoms with Crippen LogP contribution in [0.4, 0.5) is 0 Å². The normalized spacial score (nSPS) is 13.2. The Morgan fingerprint density at radius 2 is 1.51 bits per heavy atom. The Morgan fingerprint density at radius 1 is 0.691 bits per heavy atom. The third kappa shape index (κ3) is 6.78. The van der Waals surface area contributed by atoms with Crippen molar-refractivity contribution in [1.82, 2.24) is 14.5 Å². The molecule has 10 aromatic rings. The molecule has 0 fully saturated rings. The minimum Gasteiger partial charge on any atom is -0.501 e. The predicted molar refractivity (Wildman–Crippen MR) is 223 cm³/mol. The summed E-state index contributed by atoms with van der Waals surface area (Å²) in [5, 5.41) is 4.14. The molecule has 1 radical (unpaired) electrons. The van der Waals surface area contributed by atoms with Crippen LogP contribution in [0.1, 0.15) is 24.9 Å². The Morgan fingerprint density at radius 3 is 2.33 bits per heavy atom. The van der Waals surface area contributed by atoms with Crippen LogP contribution >= 0.6 is 0 Å². The number of hydrogen-bond donors (Lipinski definition) is 0. The summed E-state index contributed by atoms with van der Waals surface area (Å²) in [6.07, 6.45) is 1.48. The first-order valence-corrected chi connectivity index (χ1v) is 17.7. The molecular weight excluding hydrogens is 851 g/mol. The van der Waals surface area contributed by atoms with Gasteiger partial charge in [-0.15, -0.1) is 53.6 Å². The van der Waals surface area contributed by atoms with E-state index >= 15 is 0 Å². The van der Waals surface area contributed by atoms with E-state index in [9.17, 15) is 0 Å². The summed E-state index contributed by atoms with van der Waals surface area (Å²) in [7, 11) is 1.94. The average Bonchev–Trinajstić information content (AvgIpc) is 3.80. The van der Waals surface area contributed by atoms with Crippen molar-refractivity contribution in [1.29, 1.82) is 0 Å². The van der Waals surface area contributed by atoms with Gasteiger partial charge in [0.2, 0.25) is 0 Å². The Balaban J connectivity index is 0.000000206. The second kappa shape index (κ2) is 14.9. The quantitative estimate of drug-likeness (QED) is 0.165. The predicted octanol–water partition coefficient (Wildman–Crippen LogP) is 12.9. The molecular formula is C50H37IrN3O-2. The van der Waals surface area contributed by atoms with Crippen molar-refractivity contribution in [2.45, 2.75) is 20.6 Å². The summed E-state index contributed by atoms with van der Waals surface area (Å²) in [4.78, 5) is 9.17. The maximum atomic E-state index is 8.27. The number of benzene rings is 7. The second-order valence-electron chi connectivity index (χ2n) is 13.4. The van der Waals surface area contributed by atoms with E-state index in [4.69, 9.17) is 12.6 Å². The van der Waals surface area contributed by atoms with Crippen LogP contribution in [0.3, 0.4) is 0 Å². The third-order valence-corrected chi connectivity index (χ3v) is 9.92. The van der Waals surface area contributed by atoms with Gasteiger partial charge in [-0.3, -0.25) is 4.98 Å². The van der Waals surface area contributed by atoms with Crippen molar-refractivity contribution >= 4 is 43.7 Å². The van der Waals surface area contributed by atoms with Gasteiger partial charge in [0.1, 0.15) is 5.58 Å². The zero-order valence-electron chi connectivity index (χ0n) is 36.0. The Bertz CT molecular complexity index is 3210. The number of aromatic nitrogens is 3. The van der Waals surface area contributed by atoms with Crippen molar-refractivity contribution in [3.63, 3.8) is 0 Å². The molecule has 10 rings (SSSR count). The van der Waals surface area contributed by atoms with Gasteiger partial charge in [0, 0.05) is 47.0 Å². The van der Waals surface area contributed by atoms with E-state index in [1.165, 1.54) is 12.3 Å². The Hall–Kier alpha value is -6.13. The summed E-state index contributed by atoms with van der Waals surface area (Å²) in [5.74, 6) is 0.781. The van der Waals surface area contributed by atoms with E-state index in [-0.39, 0.29) is 25.7 Å². The topological polar surface area (TPSA) is 43.9 Å². The van der Waals surface area contributed by atoms with Crippen LogP contribution in [0.5, 0.6) is 0 Å². The molecule has 0 aliphatic rings. The molecule has 5 heteroatoms. The number of pyridine rings is 1. The van der Waals surface area contributed by atoms with Gasteiger partial charge in [0.05, 0.1) is 22.4 Å². The second-order valence-corrected chi connectivity index (χ2v) is 13.4. The van der Waals surface area contributed by atoms with Crippen LogP contribution < -0.4 is 0 Å². The maximum Gasteiger partial charge on any atom is 0.120 e. The molecule has 0 bridgehead atoms. The standard InChI is InChI=1S/C35H24NO.C15H13N2.Ir/c1-22-17-27-18-25(24-9-4-3-5-10-24)15-16-26(27)19-31(22)32-20-33(36-21-23(32)2)30-13-8-12-29-28-11-6-7-14-34(28)37-35(29)30;1-11-7-9-12(10-8-11)15-16-13-5-3-4-6-14(13)17(15)2;/h3-12,14-21H,1-2H3;3-9H,1-2H3;/q2*-1;/i2D3;1D3;. The number of imidazole rings is 1. The van der Waals surface area contributed by atoms with Crippen LogP contribution in [0.15, 0.2) is 156 Å². The first kappa shape index (κ1) is 29.3. The molecule has 269 valence electrons. The molecule has 55 heavy (non-hydrogen) atoms. The summed E-state index contributed by atoms with van der Waals surface area (Å²) >= 11 is 0. The molecule has 0 N–H and O–H groups in total. The molecule has 0 unspecified atom stereocenters. The van der Waals surface area contributed by atoms with E-state index in [0.29, 0.717) is 28.0 Å². The van der Waals surface area contributed by atoms with E-state index in [1.54, 1.807) is 12.1 Å². The molecule has 0 aliphatic heterocycles. The van der Waals surface area contributed by atoms with Gasteiger partial charge < -0.3 is 14.0 Å². The molecule has 0 atom stereocenters. The van der Waals surface area contributed by atoms with Crippen molar-refractivity contribution < 1.29 is 32.7 Å². The van der Waals surface area contributed by atoms with Gasteiger partial charge in [-0.2, -0.15) is 0 Å². The van der Waals surface area contributed by atoms with Crippen molar-refractivity contribution in [3.8, 4) is 44.9 Å². The molecule has 0 amide bonds. The van der Waals surface area contributed by atoms with Crippen LogP contribution in [-0.4, -0.2) is 14.5 Å². The van der Waals surface area contributed by atoms with Crippen LogP contribution in [0.25, 0.3) is 88.6 Å². The number of rotatable bonds is 4. The fourth-order valence-electron chi connectivity index (χ4n) is 7.16. The molecule has 7 aromatic carbocycles. The van der Waals surface area contributed by atoms with Gasteiger partial charge in [0.25, 0.3) is 0 Å². The number of aryl methyl sites for hydroxylation is 4. The zero-order valence-corrected chi connectivity index (χ0v) is 32.4. The number of hydrogen-bond acceptors (Lipinski definition) is 3. The molecule has 0 saturated carbocycles. The van der Waals surface area contributed by atoms with Crippen molar-refractivity contribution in [2.24, 2.45) is 7.05 Å². The average molecular weight is 894 g/mol. The zero-order chi connectivity index (χ0) is 41.8. The van der Waals surface area contributed by atoms with E-state index < -0.39 is 13.7 Å². The first-order chi connectivity index (χ1) is 28.8. The monoisotopic (exact) mass is 894 g/mol. The first-order valence-electron chi connectivity index (χ1n) is 20.7. The minimum atomic E-state index is -2.32. The Labute approximate surface area is 342 Å². The van der Waals surface area contributed by atoms with Crippen LogP contribution in [-0.2, 0) is 27.2 Å². The fourth-order valence-corrected chi connectivity index (χ4v) is 7.16. The fraction of sp³-hybridized carbons (Fsp3) is 0.0800. The van der Waals surface area contributed by atoms with Crippen molar-refractivity contribution in [2.75, 3.05) is 0 Å². The van der Waals surface area contributed by atoms with Gasteiger partial charge in [-0.25, -0.2) is 0 Å². The minimum absolute atomic E-state index is 0. The number of para-hydroxylation sites is 3. The van der Waals surface area contributed by atoms with Crippen molar-refractivity contribution in [3.05, 3.63) is 181 Å². The number of furan rings is 1. The number of nitrogens with zero attached hydrogens (tertiary/aromatic N) is 3. The summed E-state index contributed by atoms with van der Waals surface area (Å²) < 4.78 is 55.1. The smallest absolute Gasteiger partial charge is 0.120 e. The molecule has 0 aliphatic carbocycles. The van der Waals surface area contributed by atoms with Crippen LogP contribution in [0.2, 0.25) is 0 Å². The van der Waals surface area contributed by atoms with Gasteiger partial charge >= 0.3 is 0 Å². The van der Waals surface area contributed by atoms with E-state index in [2.05, 4.69) is 64.6 Å². The molecule has 3 heterocycles. The summed E-state index contributed by atoms with van der Waals surface area (Å²) in [5.41, 5.74) is 10.8. The van der Waals surface area contributed by atoms with E-state index in [0.717, 1.165) is 71.8 Å². The SMILES string of the molecule is [2H]C([2H])([2H])c1c[c-]c(-c2nc3ccccc3n2C)cc1.[2H]C([2H])([2H])c1cnc(-c2[c-]ccc3c2oc2ccccc23)cc1-c1cc2ccc(-c3ccccc3)cc2cc1C.[Ir].